The highest BCUT2D eigenvalue weighted by molar-refractivity contribution is 5.81. The number of rotatable bonds is 5. The Morgan fingerprint density at radius 1 is 1.50 bits per heavy atom. The van der Waals surface area contributed by atoms with Crippen LogP contribution >= 0.6 is 0 Å². The van der Waals surface area contributed by atoms with Gasteiger partial charge in [-0.25, -0.2) is 0 Å². The standard InChI is InChI=1S/C13H22N2O/c1-4-11(5-2)14-10(3)13(16)15-12-8-6-7-9-12/h1,10-12,14H,5-9H2,2-3H3,(H,15,16). The topological polar surface area (TPSA) is 41.1 Å². The summed E-state index contributed by atoms with van der Waals surface area (Å²) in [6.45, 7) is 3.88. The summed E-state index contributed by atoms with van der Waals surface area (Å²) in [5.74, 6) is 2.71. The highest BCUT2D eigenvalue weighted by Gasteiger charge is 2.21. The molecule has 1 aliphatic rings. The minimum Gasteiger partial charge on any atom is -0.352 e. The minimum absolute atomic E-state index is 0.00988. The molecule has 16 heavy (non-hydrogen) atoms. The van der Waals surface area contributed by atoms with Gasteiger partial charge in [-0.3, -0.25) is 10.1 Å². The quantitative estimate of drug-likeness (QED) is 0.691. The summed E-state index contributed by atoms with van der Waals surface area (Å²) in [5, 5.41) is 6.20. The third-order valence-corrected chi connectivity index (χ3v) is 3.16. The molecule has 2 N–H and O–H groups in total. The first-order valence-corrected chi connectivity index (χ1v) is 6.20. The first-order valence-electron chi connectivity index (χ1n) is 6.20. The van der Waals surface area contributed by atoms with E-state index in [1.54, 1.807) is 0 Å². The van der Waals surface area contributed by atoms with Crippen LogP contribution in [-0.2, 0) is 4.79 Å². The van der Waals surface area contributed by atoms with E-state index in [4.69, 9.17) is 6.42 Å². The fraction of sp³-hybridized carbons (Fsp3) is 0.769. The lowest BCUT2D eigenvalue weighted by Crippen LogP contribution is -2.48. The number of hydrogen-bond acceptors (Lipinski definition) is 2. The maximum absolute atomic E-state index is 11.8. The third kappa shape index (κ3) is 3.86. The molecular formula is C13H22N2O. The summed E-state index contributed by atoms with van der Waals surface area (Å²) in [6.07, 6.45) is 10.9. The molecule has 3 nitrogen and oxygen atoms in total. The van der Waals surface area contributed by atoms with Gasteiger partial charge in [0, 0.05) is 6.04 Å². The largest absolute Gasteiger partial charge is 0.352 e. The maximum atomic E-state index is 11.8. The van der Waals surface area contributed by atoms with E-state index in [9.17, 15) is 4.79 Å². The Bertz CT molecular complexity index is 264. The van der Waals surface area contributed by atoms with Crippen LogP contribution in [0.1, 0.15) is 46.0 Å². The van der Waals surface area contributed by atoms with Crippen molar-refractivity contribution in [3.05, 3.63) is 0 Å². The molecule has 0 aromatic carbocycles. The Morgan fingerprint density at radius 3 is 2.62 bits per heavy atom. The number of hydrogen-bond donors (Lipinski definition) is 2. The van der Waals surface area contributed by atoms with Gasteiger partial charge in [-0.1, -0.05) is 25.7 Å². The van der Waals surface area contributed by atoms with Crippen molar-refractivity contribution in [1.29, 1.82) is 0 Å². The smallest absolute Gasteiger partial charge is 0.237 e. The number of carbonyl (C=O) groups is 1. The molecule has 0 radical (unpaired) electrons. The van der Waals surface area contributed by atoms with Gasteiger partial charge in [-0.2, -0.15) is 0 Å². The number of amides is 1. The molecule has 0 aromatic rings. The van der Waals surface area contributed by atoms with Crippen molar-refractivity contribution in [2.24, 2.45) is 0 Å². The van der Waals surface area contributed by atoms with Gasteiger partial charge in [0.05, 0.1) is 12.1 Å². The Kier molecular flexibility index (Phi) is 5.34. The number of terminal acetylenes is 1. The first-order chi connectivity index (χ1) is 7.67. The molecule has 2 atom stereocenters. The first kappa shape index (κ1) is 13.1. The highest BCUT2D eigenvalue weighted by Crippen LogP contribution is 2.17. The summed E-state index contributed by atoms with van der Waals surface area (Å²) in [5.41, 5.74) is 0. The fourth-order valence-electron chi connectivity index (χ4n) is 2.06. The Morgan fingerprint density at radius 2 is 2.12 bits per heavy atom. The normalized spacial score (nSPS) is 20.1. The maximum Gasteiger partial charge on any atom is 0.237 e. The molecule has 2 unspecified atom stereocenters. The van der Waals surface area contributed by atoms with Crippen molar-refractivity contribution in [1.82, 2.24) is 10.6 Å². The van der Waals surface area contributed by atoms with Crippen molar-refractivity contribution >= 4 is 5.91 Å². The van der Waals surface area contributed by atoms with Gasteiger partial charge in [0.25, 0.3) is 0 Å². The lowest BCUT2D eigenvalue weighted by atomic mass is 10.2. The van der Waals surface area contributed by atoms with Crippen molar-refractivity contribution in [2.45, 2.75) is 64.1 Å². The Hall–Kier alpha value is -1.01. The van der Waals surface area contributed by atoms with Crippen LogP contribution in [0.2, 0.25) is 0 Å². The van der Waals surface area contributed by atoms with Gasteiger partial charge in [0.2, 0.25) is 5.91 Å². The van der Waals surface area contributed by atoms with Gasteiger partial charge < -0.3 is 5.32 Å². The van der Waals surface area contributed by atoms with E-state index < -0.39 is 0 Å². The molecule has 0 spiro atoms. The third-order valence-electron chi connectivity index (χ3n) is 3.16. The van der Waals surface area contributed by atoms with Crippen molar-refractivity contribution in [3.8, 4) is 12.3 Å². The van der Waals surface area contributed by atoms with Crippen molar-refractivity contribution < 1.29 is 4.79 Å². The van der Waals surface area contributed by atoms with Crippen molar-refractivity contribution in [3.63, 3.8) is 0 Å². The zero-order chi connectivity index (χ0) is 12.0. The van der Waals surface area contributed by atoms with Gasteiger partial charge in [0.1, 0.15) is 0 Å². The molecule has 0 aliphatic heterocycles. The summed E-state index contributed by atoms with van der Waals surface area (Å²) in [6, 6.07) is 0.161. The molecule has 90 valence electrons. The molecule has 0 aromatic heterocycles. The van der Waals surface area contributed by atoms with E-state index in [1.807, 2.05) is 13.8 Å². The van der Waals surface area contributed by atoms with Crippen LogP contribution in [0.3, 0.4) is 0 Å². The van der Waals surface area contributed by atoms with E-state index in [-0.39, 0.29) is 18.0 Å². The van der Waals surface area contributed by atoms with Crippen LogP contribution in [-0.4, -0.2) is 24.0 Å². The zero-order valence-electron chi connectivity index (χ0n) is 10.3. The van der Waals surface area contributed by atoms with Crippen LogP contribution in [0.25, 0.3) is 0 Å². The second kappa shape index (κ2) is 6.55. The summed E-state index contributed by atoms with van der Waals surface area (Å²) >= 11 is 0. The van der Waals surface area contributed by atoms with E-state index in [1.165, 1.54) is 12.8 Å². The summed E-state index contributed by atoms with van der Waals surface area (Å²) in [4.78, 5) is 11.8. The van der Waals surface area contributed by atoms with Crippen LogP contribution in [0.4, 0.5) is 0 Å². The Balaban J connectivity index is 2.32. The highest BCUT2D eigenvalue weighted by atomic mass is 16.2. The predicted molar refractivity (Wildman–Crippen MR) is 65.9 cm³/mol. The second-order valence-corrected chi connectivity index (χ2v) is 4.51. The molecule has 0 heterocycles. The lowest BCUT2D eigenvalue weighted by molar-refractivity contribution is -0.123. The number of carbonyl (C=O) groups excluding carboxylic acids is 1. The van der Waals surface area contributed by atoms with E-state index in [0.29, 0.717) is 6.04 Å². The van der Waals surface area contributed by atoms with E-state index >= 15 is 0 Å². The van der Waals surface area contributed by atoms with E-state index in [2.05, 4.69) is 16.6 Å². The van der Waals surface area contributed by atoms with Crippen LogP contribution < -0.4 is 10.6 Å². The number of nitrogens with one attached hydrogen (secondary N) is 2. The monoisotopic (exact) mass is 222 g/mol. The SMILES string of the molecule is C#CC(CC)NC(C)C(=O)NC1CCCC1. The van der Waals surface area contributed by atoms with Crippen LogP contribution in [0.5, 0.6) is 0 Å². The van der Waals surface area contributed by atoms with Crippen LogP contribution in [0, 0.1) is 12.3 Å². The molecule has 1 aliphatic carbocycles. The Labute approximate surface area is 98.4 Å². The average molecular weight is 222 g/mol. The molecule has 1 rings (SSSR count). The van der Waals surface area contributed by atoms with Gasteiger partial charge in [0.15, 0.2) is 0 Å². The average Bonchev–Trinajstić information content (AvgIpc) is 2.78. The molecule has 1 amide bonds. The molecule has 1 fully saturated rings. The predicted octanol–water partition coefficient (Wildman–Crippen LogP) is 1.44. The van der Waals surface area contributed by atoms with Crippen LogP contribution in [0.15, 0.2) is 0 Å². The summed E-state index contributed by atoms with van der Waals surface area (Å²) in [7, 11) is 0. The molecule has 0 bridgehead atoms. The van der Waals surface area contributed by atoms with Gasteiger partial charge in [-0.15, -0.1) is 6.42 Å². The van der Waals surface area contributed by atoms with E-state index in [0.717, 1.165) is 19.3 Å². The van der Waals surface area contributed by atoms with Gasteiger partial charge >= 0.3 is 0 Å². The van der Waals surface area contributed by atoms with Gasteiger partial charge in [-0.05, 0) is 26.2 Å². The fourth-order valence-corrected chi connectivity index (χ4v) is 2.06. The zero-order valence-corrected chi connectivity index (χ0v) is 10.3. The minimum atomic E-state index is -0.207. The van der Waals surface area contributed by atoms with Crippen molar-refractivity contribution in [2.75, 3.05) is 0 Å². The molecule has 0 saturated heterocycles. The summed E-state index contributed by atoms with van der Waals surface area (Å²) < 4.78 is 0. The molecular weight excluding hydrogens is 200 g/mol. The lowest BCUT2D eigenvalue weighted by Gasteiger charge is -2.20. The molecule has 1 saturated carbocycles. The second-order valence-electron chi connectivity index (χ2n) is 4.51. The molecule has 3 heteroatoms.